The normalized spacial score (nSPS) is 9.56. The summed E-state index contributed by atoms with van der Waals surface area (Å²) in [5, 5.41) is 0.247. The third kappa shape index (κ3) is 1.23. The van der Waals surface area contributed by atoms with Crippen molar-refractivity contribution in [2.24, 2.45) is 0 Å². The van der Waals surface area contributed by atoms with Crippen molar-refractivity contribution in [1.82, 2.24) is 4.37 Å². The molecule has 9 heavy (non-hydrogen) atoms. The average Bonchev–Trinajstić information content (AvgIpc) is 2.15. The molecule has 0 amide bonds. The van der Waals surface area contributed by atoms with Crippen LogP contribution in [0.25, 0.3) is 0 Å². The van der Waals surface area contributed by atoms with Gasteiger partial charge in [0, 0.05) is 0 Å². The van der Waals surface area contributed by atoms with E-state index in [4.69, 9.17) is 23.2 Å². The Bertz CT molecular complexity index is 234. The fourth-order valence-electron chi connectivity index (χ4n) is 0.343. The van der Waals surface area contributed by atoms with E-state index in [9.17, 15) is 4.79 Å². The van der Waals surface area contributed by atoms with Crippen molar-refractivity contribution in [3.05, 3.63) is 15.1 Å². The molecule has 1 aromatic rings. The molecule has 1 heterocycles. The number of halogens is 2. The van der Waals surface area contributed by atoms with Gasteiger partial charge in [-0.25, -0.2) is 0 Å². The standard InChI is InChI=1S/C4HCl2NOS/c5-3-2(1-8)7-9-4(3)6/h1H. The maximum absolute atomic E-state index is 10.0. The Kier molecular flexibility index (Phi) is 2.05. The second-order valence-corrected chi connectivity index (χ2v) is 3.03. The van der Waals surface area contributed by atoms with Gasteiger partial charge in [-0.05, 0) is 11.5 Å². The van der Waals surface area contributed by atoms with Gasteiger partial charge < -0.3 is 0 Å². The first-order valence-electron chi connectivity index (χ1n) is 2.01. The van der Waals surface area contributed by atoms with Crippen LogP contribution < -0.4 is 0 Å². The summed E-state index contributed by atoms with van der Waals surface area (Å²) in [6.45, 7) is 0. The predicted octanol–water partition coefficient (Wildman–Crippen LogP) is 2.26. The van der Waals surface area contributed by atoms with Crippen LogP contribution in [0.5, 0.6) is 0 Å². The van der Waals surface area contributed by atoms with Crippen LogP contribution in [0, 0.1) is 0 Å². The minimum absolute atomic E-state index is 0.215. The van der Waals surface area contributed by atoms with Gasteiger partial charge in [0.1, 0.15) is 15.1 Å². The van der Waals surface area contributed by atoms with E-state index in [0.29, 0.717) is 10.6 Å². The number of rotatable bonds is 1. The highest BCUT2D eigenvalue weighted by Crippen LogP contribution is 2.27. The molecule has 0 aliphatic heterocycles. The smallest absolute Gasteiger partial charge is 0.171 e. The summed E-state index contributed by atoms with van der Waals surface area (Å²) < 4.78 is 4.00. The van der Waals surface area contributed by atoms with Crippen molar-refractivity contribution in [3.63, 3.8) is 0 Å². The molecule has 0 aromatic carbocycles. The zero-order chi connectivity index (χ0) is 6.85. The van der Waals surface area contributed by atoms with Gasteiger partial charge in [0.15, 0.2) is 6.29 Å². The molecular formula is C4HCl2NOS. The maximum atomic E-state index is 10.0. The number of aromatic nitrogens is 1. The van der Waals surface area contributed by atoms with Gasteiger partial charge in [0.2, 0.25) is 0 Å². The molecule has 0 radical (unpaired) electrons. The fraction of sp³-hybridized carbons (Fsp3) is 0. The molecule has 0 spiro atoms. The minimum Gasteiger partial charge on any atom is -0.296 e. The lowest BCUT2D eigenvalue weighted by atomic mass is 10.5. The van der Waals surface area contributed by atoms with Gasteiger partial charge in [-0.3, -0.25) is 4.79 Å². The van der Waals surface area contributed by atoms with Gasteiger partial charge in [-0.2, -0.15) is 4.37 Å². The first-order chi connectivity index (χ1) is 4.25. The molecule has 0 aliphatic carbocycles. The topological polar surface area (TPSA) is 30.0 Å². The first kappa shape index (κ1) is 6.99. The summed E-state index contributed by atoms with van der Waals surface area (Å²) >= 11 is 12.0. The van der Waals surface area contributed by atoms with Crippen LogP contribution in [0.4, 0.5) is 0 Å². The Morgan fingerprint density at radius 1 is 1.56 bits per heavy atom. The molecule has 0 aliphatic rings. The predicted molar refractivity (Wildman–Crippen MR) is 37.5 cm³/mol. The van der Waals surface area contributed by atoms with E-state index in [-0.39, 0.29) is 10.7 Å². The zero-order valence-corrected chi connectivity index (χ0v) is 6.43. The molecule has 0 unspecified atom stereocenters. The molecular weight excluding hydrogens is 181 g/mol. The van der Waals surface area contributed by atoms with E-state index < -0.39 is 0 Å². The van der Waals surface area contributed by atoms with E-state index in [1.54, 1.807) is 0 Å². The highest BCUT2D eigenvalue weighted by molar-refractivity contribution is 7.11. The van der Waals surface area contributed by atoms with Crippen molar-refractivity contribution in [2.45, 2.75) is 0 Å². The van der Waals surface area contributed by atoms with Gasteiger partial charge in [0.05, 0.1) is 0 Å². The molecule has 0 atom stereocenters. The first-order valence-corrected chi connectivity index (χ1v) is 3.54. The summed E-state index contributed by atoms with van der Waals surface area (Å²) in [5.41, 5.74) is 0.215. The Balaban J connectivity index is 3.18. The van der Waals surface area contributed by atoms with E-state index in [1.807, 2.05) is 0 Å². The molecule has 0 saturated carbocycles. The molecule has 2 nitrogen and oxygen atoms in total. The molecule has 1 rings (SSSR count). The van der Waals surface area contributed by atoms with Crippen molar-refractivity contribution < 1.29 is 4.79 Å². The number of hydrogen-bond donors (Lipinski definition) is 0. The summed E-state index contributed by atoms with van der Waals surface area (Å²) in [6.07, 6.45) is 0.574. The molecule has 0 N–H and O–H groups in total. The Morgan fingerprint density at radius 2 is 2.22 bits per heavy atom. The van der Waals surface area contributed by atoms with Crippen LogP contribution in [-0.2, 0) is 0 Å². The second kappa shape index (κ2) is 2.64. The minimum atomic E-state index is 0.215. The van der Waals surface area contributed by atoms with Crippen LogP contribution in [-0.4, -0.2) is 10.7 Å². The summed E-state index contributed by atoms with van der Waals surface area (Å²) in [7, 11) is 0. The lowest BCUT2D eigenvalue weighted by molar-refractivity contribution is 0.112. The van der Waals surface area contributed by atoms with Crippen molar-refractivity contribution in [2.75, 3.05) is 0 Å². The fourth-order valence-corrected chi connectivity index (χ4v) is 1.28. The van der Waals surface area contributed by atoms with Crippen molar-refractivity contribution in [3.8, 4) is 0 Å². The largest absolute Gasteiger partial charge is 0.296 e. The van der Waals surface area contributed by atoms with Crippen LogP contribution in [0.15, 0.2) is 0 Å². The highest BCUT2D eigenvalue weighted by Gasteiger charge is 2.06. The van der Waals surface area contributed by atoms with Gasteiger partial charge in [-0.15, -0.1) is 0 Å². The van der Waals surface area contributed by atoms with Crippen molar-refractivity contribution in [1.29, 1.82) is 0 Å². The molecule has 5 heteroatoms. The lowest BCUT2D eigenvalue weighted by Crippen LogP contribution is -1.75. The van der Waals surface area contributed by atoms with Crippen LogP contribution in [0.3, 0.4) is 0 Å². The van der Waals surface area contributed by atoms with Gasteiger partial charge >= 0.3 is 0 Å². The zero-order valence-electron chi connectivity index (χ0n) is 4.10. The molecule has 48 valence electrons. The third-order valence-corrected chi connectivity index (χ3v) is 2.37. The second-order valence-electron chi connectivity index (χ2n) is 1.27. The lowest BCUT2D eigenvalue weighted by Gasteiger charge is -1.78. The van der Waals surface area contributed by atoms with Crippen molar-refractivity contribution >= 4 is 41.0 Å². The van der Waals surface area contributed by atoms with Gasteiger partial charge in [-0.1, -0.05) is 23.2 Å². The quantitative estimate of drug-likeness (QED) is 0.623. The van der Waals surface area contributed by atoms with Gasteiger partial charge in [0.25, 0.3) is 0 Å². The average molecular weight is 182 g/mol. The SMILES string of the molecule is O=Cc1nsc(Cl)c1Cl. The molecule has 1 aromatic heterocycles. The number of carbonyl (C=O) groups is 1. The van der Waals surface area contributed by atoms with E-state index >= 15 is 0 Å². The molecule has 0 saturated heterocycles. The Morgan fingerprint density at radius 3 is 2.44 bits per heavy atom. The number of nitrogens with zero attached hydrogens (tertiary/aromatic N) is 1. The summed E-state index contributed by atoms with van der Waals surface area (Å²) in [5.74, 6) is 0. The number of aldehydes is 1. The van der Waals surface area contributed by atoms with Crippen LogP contribution in [0.1, 0.15) is 10.5 Å². The molecule has 0 fully saturated rings. The number of hydrogen-bond acceptors (Lipinski definition) is 3. The monoisotopic (exact) mass is 181 g/mol. The van der Waals surface area contributed by atoms with E-state index in [0.717, 1.165) is 11.5 Å². The Hall–Kier alpha value is -0.120. The number of carbonyl (C=O) groups excluding carboxylic acids is 1. The Labute approximate surface area is 65.6 Å². The highest BCUT2D eigenvalue weighted by atomic mass is 35.5. The van der Waals surface area contributed by atoms with E-state index in [1.165, 1.54) is 0 Å². The van der Waals surface area contributed by atoms with E-state index in [2.05, 4.69) is 4.37 Å². The summed E-state index contributed by atoms with van der Waals surface area (Å²) in [4.78, 5) is 10.0. The van der Waals surface area contributed by atoms with Crippen LogP contribution in [0.2, 0.25) is 9.36 Å². The van der Waals surface area contributed by atoms with Crippen LogP contribution >= 0.6 is 34.7 Å². The molecule has 0 bridgehead atoms. The summed E-state index contributed by atoms with van der Waals surface area (Å²) in [6, 6.07) is 0. The maximum Gasteiger partial charge on any atom is 0.171 e. The third-order valence-electron chi connectivity index (χ3n) is 0.733.